The van der Waals surface area contributed by atoms with Crippen LogP contribution in [-0.2, 0) is 9.84 Å². The maximum atomic E-state index is 11.4. The molecule has 2 nitrogen and oxygen atoms in total. The molecular formula is C18H24O2S. The van der Waals surface area contributed by atoms with Gasteiger partial charge in [-0.25, -0.2) is 8.42 Å². The Bertz CT molecular complexity index is 651. The lowest BCUT2D eigenvalue weighted by molar-refractivity contribution is 0.602. The Morgan fingerprint density at radius 1 is 0.762 bits per heavy atom. The summed E-state index contributed by atoms with van der Waals surface area (Å²) in [5.41, 5.74) is 3.43. The molecule has 0 saturated heterocycles. The quantitative estimate of drug-likeness (QED) is 0.807. The molecule has 2 aromatic carbocycles. The molecule has 2 rings (SSSR count). The Balaban J connectivity index is 0.00000106. The van der Waals surface area contributed by atoms with E-state index in [1.54, 1.807) is 12.1 Å². The first-order valence-corrected chi connectivity index (χ1v) is 9.17. The fourth-order valence-corrected chi connectivity index (χ4v) is 2.59. The van der Waals surface area contributed by atoms with E-state index in [9.17, 15) is 8.42 Å². The van der Waals surface area contributed by atoms with Gasteiger partial charge in [-0.15, -0.1) is 0 Å². The van der Waals surface area contributed by atoms with Gasteiger partial charge in [0.25, 0.3) is 0 Å². The lowest BCUT2D eigenvalue weighted by Gasteiger charge is -2.07. The molecule has 2 aromatic rings. The molecule has 0 aliphatic heterocycles. The van der Waals surface area contributed by atoms with E-state index >= 15 is 0 Å². The molecule has 21 heavy (non-hydrogen) atoms. The van der Waals surface area contributed by atoms with Crippen molar-refractivity contribution in [1.29, 1.82) is 0 Å². The first-order valence-electron chi connectivity index (χ1n) is 7.28. The summed E-state index contributed by atoms with van der Waals surface area (Å²) in [5.74, 6) is 0.515. The zero-order chi connectivity index (χ0) is 16.0. The normalized spacial score (nSPS) is 11.0. The molecule has 0 aliphatic carbocycles. The summed E-state index contributed by atoms with van der Waals surface area (Å²) in [4.78, 5) is 0.357. The fraction of sp³-hybridized carbons (Fsp3) is 0.333. The van der Waals surface area contributed by atoms with Crippen LogP contribution in [0.5, 0.6) is 0 Å². The van der Waals surface area contributed by atoms with Crippen LogP contribution in [0.1, 0.15) is 39.2 Å². The second kappa shape index (κ2) is 7.41. The Morgan fingerprint density at radius 3 is 1.48 bits per heavy atom. The molecule has 0 radical (unpaired) electrons. The molecule has 0 spiro atoms. The fourth-order valence-electron chi connectivity index (χ4n) is 1.96. The Labute approximate surface area is 128 Å². The minimum atomic E-state index is -3.12. The Hall–Kier alpha value is -1.61. The minimum absolute atomic E-state index is 0.357. The molecule has 0 aromatic heterocycles. The monoisotopic (exact) mass is 304 g/mol. The van der Waals surface area contributed by atoms with Gasteiger partial charge in [-0.05, 0) is 34.7 Å². The van der Waals surface area contributed by atoms with E-state index in [0.29, 0.717) is 10.8 Å². The summed E-state index contributed by atoms with van der Waals surface area (Å²) in [6.07, 6.45) is 1.22. The van der Waals surface area contributed by atoms with Crippen molar-refractivity contribution in [3.63, 3.8) is 0 Å². The first kappa shape index (κ1) is 17.4. The minimum Gasteiger partial charge on any atom is -0.224 e. The number of rotatable bonds is 3. The highest BCUT2D eigenvalue weighted by molar-refractivity contribution is 7.90. The van der Waals surface area contributed by atoms with Crippen LogP contribution in [0.15, 0.2) is 53.4 Å². The summed E-state index contributed by atoms with van der Waals surface area (Å²) in [5, 5.41) is 0. The van der Waals surface area contributed by atoms with Crippen LogP contribution in [0.3, 0.4) is 0 Å². The van der Waals surface area contributed by atoms with E-state index in [4.69, 9.17) is 0 Å². The molecular weight excluding hydrogens is 280 g/mol. The molecule has 0 aliphatic rings. The molecule has 114 valence electrons. The van der Waals surface area contributed by atoms with E-state index in [1.807, 2.05) is 26.0 Å². The molecule has 0 unspecified atom stereocenters. The van der Waals surface area contributed by atoms with E-state index in [1.165, 1.54) is 11.8 Å². The third-order valence-electron chi connectivity index (χ3n) is 3.19. The van der Waals surface area contributed by atoms with Crippen molar-refractivity contribution in [2.75, 3.05) is 6.26 Å². The van der Waals surface area contributed by atoms with Gasteiger partial charge in [-0.3, -0.25) is 0 Å². The molecule has 3 heteroatoms. The number of hydrogen-bond acceptors (Lipinski definition) is 2. The maximum absolute atomic E-state index is 11.4. The van der Waals surface area contributed by atoms with Crippen LogP contribution in [0.2, 0.25) is 0 Å². The van der Waals surface area contributed by atoms with Crippen molar-refractivity contribution in [1.82, 2.24) is 0 Å². The third kappa shape index (κ3) is 4.71. The standard InChI is InChI=1S/C16H18O2S.C2H6/c1-12(2)13-4-6-14(7-5-13)15-8-10-16(11-9-15)19(3,17)18;1-2/h4-12H,1-3H3;1-2H3. The Kier molecular flexibility index (Phi) is 6.16. The van der Waals surface area contributed by atoms with Crippen molar-refractivity contribution in [3.05, 3.63) is 54.1 Å². The van der Waals surface area contributed by atoms with Gasteiger partial charge in [0.15, 0.2) is 9.84 Å². The van der Waals surface area contributed by atoms with E-state index < -0.39 is 9.84 Å². The van der Waals surface area contributed by atoms with Crippen molar-refractivity contribution in [3.8, 4) is 11.1 Å². The number of hydrogen-bond donors (Lipinski definition) is 0. The highest BCUT2D eigenvalue weighted by atomic mass is 32.2. The van der Waals surface area contributed by atoms with Crippen LogP contribution in [-0.4, -0.2) is 14.7 Å². The first-order chi connectivity index (χ1) is 9.88. The van der Waals surface area contributed by atoms with Gasteiger partial charge in [-0.1, -0.05) is 64.1 Å². The molecule has 0 saturated carbocycles. The van der Waals surface area contributed by atoms with Gasteiger partial charge in [-0.2, -0.15) is 0 Å². The third-order valence-corrected chi connectivity index (χ3v) is 4.32. The highest BCUT2D eigenvalue weighted by Crippen LogP contribution is 2.23. The van der Waals surface area contributed by atoms with E-state index in [0.717, 1.165) is 11.1 Å². The maximum Gasteiger partial charge on any atom is 0.175 e. The smallest absolute Gasteiger partial charge is 0.175 e. The van der Waals surface area contributed by atoms with Gasteiger partial charge in [0.1, 0.15) is 0 Å². The lowest BCUT2D eigenvalue weighted by atomic mass is 9.99. The average Bonchev–Trinajstić information content (AvgIpc) is 2.49. The second-order valence-corrected chi connectivity index (χ2v) is 7.09. The summed E-state index contributed by atoms with van der Waals surface area (Å²) in [6.45, 7) is 8.33. The largest absolute Gasteiger partial charge is 0.224 e. The van der Waals surface area contributed by atoms with Gasteiger partial charge < -0.3 is 0 Å². The molecule has 0 N–H and O–H groups in total. The van der Waals surface area contributed by atoms with E-state index in [2.05, 4.69) is 38.1 Å². The highest BCUT2D eigenvalue weighted by Gasteiger charge is 2.07. The Morgan fingerprint density at radius 2 is 1.14 bits per heavy atom. The van der Waals surface area contributed by atoms with Gasteiger partial charge in [0.05, 0.1) is 4.90 Å². The van der Waals surface area contributed by atoms with Crippen molar-refractivity contribution < 1.29 is 8.42 Å². The van der Waals surface area contributed by atoms with Crippen LogP contribution in [0, 0.1) is 0 Å². The van der Waals surface area contributed by atoms with Crippen LogP contribution >= 0.6 is 0 Å². The van der Waals surface area contributed by atoms with Crippen LogP contribution in [0.25, 0.3) is 11.1 Å². The summed E-state index contributed by atoms with van der Waals surface area (Å²) in [7, 11) is -3.12. The average molecular weight is 304 g/mol. The van der Waals surface area contributed by atoms with Crippen molar-refractivity contribution in [2.24, 2.45) is 0 Å². The van der Waals surface area contributed by atoms with Crippen LogP contribution in [0.4, 0.5) is 0 Å². The summed E-state index contributed by atoms with van der Waals surface area (Å²) >= 11 is 0. The molecule has 0 fully saturated rings. The molecule has 0 heterocycles. The predicted octanol–water partition coefficient (Wildman–Crippen LogP) is 4.91. The zero-order valence-electron chi connectivity index (χ0n) is 13.4. The van der Waals surface area contributed by atoms with Crippen LogP contribution < -0.4 is 0 Å². The second-order valence-electron chi connectivity index (χ2n) is 5.07. The van der Waals surface area contributed by atoms with E-state index in [-0.39, 0.29) is 0 Å². The topological polar surface area (TPSA) is 34.1 Å². The molecule has 0 atom stereocenters. The predicted molar refractivity (Wildman–Crippen MR) is 90.4 cm³/mol. The number of benzene rings is 2. The van der Waals surface area contributed by atoms with Gasteiger partial charge in [0, 0.05) is 6.26 Å². The lowest BCUT2D eigenvalue weighted by Crippen LogP contribution is -1.96. The van der Waals surface area contributed by atoms with Gasteiger partial charge >= 0.3 is 0 Å². The summed E-state index contributed by atoms with van der Waals surface area (Å²) in [6, 6.07) is 15.4. The molecule has 0 amide bonds. The zero-order valence-corrected chi connectivity index (χ0v) is 14.2. The van der Waals surface area contributed by atoms with Crippen molar-refractivity contribution in [2.45, 2.75) is 38.5 Å². The van der Waals surface area contributed by atoms with Crippen molar-refractivity contribution >= 4 is 9.84 Å². The summed E-state index contributed by atoms with van der Waals surface area (Å²) < 4.78 is 22.8. The molecule has 0 bridgehead atoms. The number of sulfone groups is 1. The van der Waals surface area contributed by atoms with Gasteiger partial charge in [0.2, 0.25) is 0 Å². The SMILES string of the molecule is CC.CC(C)c1ccc(-c2ccc(S(C)(=O)=O)cc2)cc1.